The molecule has 27 heavy (non-hydrogen) atoms. The summed E-state index contributed by atoms with van der Waals surface area (Å²) < 4.78 is 27.1. The maximum absolute atomic E-state index is 12.7. The van der Waals surface area contributed by atoms with Crippen LogP contribution in [0.25, 0.3) is 0 Å². The zero-order valence-electron chi connectivity index (χ0n) is 15.8. The van der Waals surface area contributed by atoms with Crippen molar-refractivity contribution in [3.63, 3.8) is 0 Å². The van der Waals surface area contributed by atoms with E-state index in [2.05, 4.69) is 10.0 Å². The molecular weight excluding hydrogens is 368 g/mol. The molecule has 1 aliphatic carbocycles. The molecule has 0 heterocycles. The average Bonchev–Trinajstić information content (AvgIpc) is 2.56. The van der Waals surface area contributed by atoms with Gasteiger partial charge in [-0.3, -0.25) is 9.59 Å². The molecule has 2 rings (SSSR count). The largest absolute Gasteiger partial charge is 0.481 e. The second-order valence-electron chi connectivity index (χ2n) is 7.32. The van der Waals surface area contributed by atoms with E-state index in [1.807, 2.05) is 0 Å². The van der Waals surface area contributed by atoms with Crippen LogP contribution in [0, 0.1) is 5.92 Å². The molecule has 2 unspecified atom stereocenters. The molecule has 0 spiro atoms. The number of sulfonamides is 1. The first-order valence-corrected chi connectivity index (χ1v) is 10.8. The van der Waals surface area contributed by atoms with Crippen LogP contribution in [0.15, 0.2) is 29.2 Å². The SMILES string of the molecule is CC(C)NS(=O)(=O)c1cccc(C(=O)NC2CCCCCCC2C(=O)O)c1. The van der Waals surface area contributed by atoms with Crippen molar-refractivity contribution in [2.75, 3.05) is 0 Å². The van der Waals surface area contributed by atoms with Crippen molar-refractivity contribution in [3.05, 3.63) is 29.8 Å². The first-order valence-electron chi connectivity index (χ1n) is 9.37. The topological polar surface area (TPSA) is 113 Å². The van der Waals surface area contributed by atoms with Gasteiger partial charge in [0.1, 0.15) is 0 Å². The summed E-state index contributed by atoms with van der Waals surface area (Å²) in [4.78, 5) is 24.3. The third-order valence-electron chi connectivity index (χ3n) is 4.70. The van der Waals surface area contributed by atoms with Crippen molar-refractivity contribution < 1.29 is 23.1 Å². The van der Waals surface area contributed by atoms with Crippen LogP contribution < -0.4 is 10.0 Å². The molecule has 1 aromatic carbocycles. The molecule has 1 amide bonds. The fourth-order valence-electron chi connectivity index (χ4n) is 3.39. The zero-order valence-corrected chi connectivity index (χ0v) is 16.6. The van der Waals surface area contributed by atoms with Crippen molar-refractivity contribution in [3.8, 4) is 0 Å². The van der Waals surface area contributed by atoms with Crippen LogP contribution in [-0.4, -0.2) is 37.5 Å². The fourth-order valence-corrected chi connectivity index (χ4v) is 4.68. The second-order valence-corrected chi connectivity index (χ2v) is 9.03. The van der Waals surface area contributed by atoms with Gasteiger partial charge in [0.2, 0.25) is 10.0 Å². The highest BCUT2D eigenvalue weighted by atomic mass is 32.2. The summed E-state index contributed by atoms with van der Waals surface area (Å²) in [6.07, 6.45) is 4.86. The monoisotopic (exact) mass is 396 g/mol. The molecule has 0 aliphatic heterocycles. The minimum absolute atomic E-state index is 0.0105. The average molecular weight is 397 g/mol. The van der Waals surface area contributed by atoms with E-state index in [-0.39, 0.29) is 16.5 Å². The molecule has 1 saturated carbocycles. The predicted octanol–water partition coefficient (Wildman–Crippen LogP) is 2.53. The maximum atomic E-state index is 12.7. The number of carbonyl (C=O) groups excluding carboxylic acids is 1. The van der Waals surface area contributed by atoms with Crippen molar-refractivity contribution in [2.24, 2.45) is 5.92 Å². The minimum Gasteiger partial charge on any atom is -0.481 e. The fraction of sp³-hybridized carbons (Fsp3) is 0.579. The number of hydrogen-bond acceptors (Lipinski definition) is 4. The Balaban J connectivity index is 2.19. The van der Waals surface area contributed by atoms with Gasteiger partial charge in [-0.25, -0.2) is 13.1 Å². The van der Waals surface area contributed by atoms with Gasteiger partial charge in [0, 0.05) is 17.6 Å². The summed E-state index contributed by atoms with van der Waals surface area (Å²) >= 11 is 0. The standard InChI is InChI=1S/C19H28N2O5S/c1-13(2)21-27(25,26)15-9-7-8-14(12-15)18(22)20-17-11-6-4-3-5-10-16(17)19(23)24/h7-9,12-13,16-17,21H,3-6,10-11H2,1-2H3,(H,20,22)(H,23,24). The number of amides is 1. The van der Waals surface area contributed by atoms with Gasteiger partial charge in [0.05, 0.1) is 10.8 Å². The molecule has 0 aromatic heterocycles. The Morgan fingerprint density at radius 3 is 2.41 bits per heavy atom. The van der Waals surface area contributed by atoms with Gasteiger partial charge in [-0.1, -0.05) is 31.7 Å². The van der Waals surface area contributed by atoms with Crippen LogP contribution in [0.5, 0.6) is 0 Å². The van der Waals surface area contributed by atoms with E-state index >= 15 is 0 Å². The van der Waals surface area contributed by atoms with E-state index < -0.39 is 33.9 Å². The molecule has 1 aromatic rings. The number of nitrogens with one attached hydrogen (secondary N) is 2. The van der Waals surface area contributed by atoms with E-state index in [9.17, 15) is 23.1 Å². The molecule has 150 valence electrons. The molecule has 0 bridgehead atoms. The van der Waals surface area contributed by atoms with E-state index in [4.69, 9.17) is 0 Å². The predicted molar refractivity (Wildman–Crippen MR) is 102 cm³/mol. The molecule has 1 aliphatic rings. The van der Waals surface area contributed by atoms with Gasteiger partial charge in [0.25, 0.3) is 5.91 Å². The van der Waals surface area contributed by atoms with Crippen molar-refractivity contribution in [2.45, 2.75) is 69.4 Å². The van der Waals surface area contributed by atoms with E-state index in [0.29, 0.717) is 12.8 Å². The summed E-state index contributed by atoms with van der Waals surface area (Å²) in [5.41, 5.74) is 0.202. The van der Waals surface area contributed by atoms with E-state index in [1.54, 1.807) is 13.8 Å². The number of rotatable bonds is 6. The van der Waals surface area contributed by atoms with Gasteiger partial charge < -0.3 is 10.4 Å². The Kier molecular flexibility index (Phi) is 7.38. The molecule has 0 radical (unpaired) electrons. The van der Waals surface area contributed by atoms with Crippen LogP contribution in [0.2, 0.25) is 0 Å². The lowest BCUT2D eigenvalue weighted by molar-refractivity contribution is -0.143. The van der Waals surface area contributed by atoms with Gasteiger partial charge in [-0.15, -0.1) is 0 Å². The van der Waals surface area contributed by atoms with Crippen molar-refractivity contribution >= 4 is 21.9 Å². The van der Waals surface area contributed by atoms with Crippen LogP contribution in [0.4, 0.5) is 0 Å². The van der Waals surface area contributed by atoms with E-state index in [0.717, 1.165) is 25.7 Å². The lowest BCUT2D eigenvalue weighted by Gasteiger charge is -2.27. The summed E-state index contributed by atoms with van der Waals surface area (Å²) in [7, 11) is -3.71. The van der Waals surface area contributed by atoms with Crippen molar-refractivity contribution in [1.82, 2.24) is 10.0 Å². The Morgan fingerprint density at radius 2 is 1.78 bits per heavy atom. The maximum Gasteiger partial charge on any atom is 0.308 e. The number of carboxylic acids is 1. The number of carbonyl (C=O) groups is 2. The molecule has 3 N–H and O–H groups in total. The molecule has 0 saturated heterocycles. The third kappa shape index (κ3) is 6.04. The minimum atomic E-state index is -3.71. The van der Waals surface area contributed by atoms with Crippen LogP contribution in [0.3, 0.4) is 0 Å². The summed E-state index contributed by atoms with van der Waals surface area (Å²) in [5, 5.41) is 12.3. The zero-order chi connectivity index (χ0) is 20.0. The number of benzene rings is 1. The highest BCUT2D eigenvalue weighted by molar-refractivity contribution is 7.89. The molecule has 1 fully saturated rings. The number of carboxylic acid groups (broad SMARTS) is 1. The molecule has 2 atom stereocenters. The van der Waals surface area contributed by atoms with Gasteiger partial charge in [-0.2, -0.15) is 0 Å². The Labute approximate surface area is 160 Å². The summed E-state index contributed by atoms with van der Waals surface area (Å²) in [6.45, 7) is 3.43. The van der Waals surface area contributed by atoms with Gasteiger partial charge >= 0.3 is 5.97 Å². The summed E-state index contributed by atoms with van der Waals surface area (Å²) in [5.74, 6) is -1.98. The lowest BCUT2D eigenvalue weighted by Crippen LogP contribution is -2.44. The van der Waals surface area contributed by atoms with Gasteiger partial charge in [-0.05, 0) is 44.9 Å². The lowest BCUT2D eigenvalue weighted by atomic mass is 9.86. The highest BCUT2D eigenvalue weighted by Crippen LogP contribution is 2.24. The van der Waals surface area contributed by atoms with Crippen LogP contribution in [-0.2, 0) is 14.8 Å². The van der Waals surface area contributed by atoms with Gasteiger partial charge in [0.15, 0.2) is 0 Å². The Bertz CT molecular complexity index is 776. The number of aliphatic carboxylic acids is 1. The summed E-state index contributed by atoms with van der Waals surface area (Å²) in [6, 6.07) is 5.07. The number of hydrogen-bond donors (Lipinski definition) is 3. The quantitative estimate of drug-likeness (QED) is 0.684. The second kappa shape index (κ2) is 9.32. The Morgan fingerprint density at radius 1 is 1.11 bits per heavy atom. The molecular formula is C19H28N2O5S. The first-order chi connectivity index (χ1) is 12.7. The molecule has 8 heteroatoms. The van der Waals surface area contributed by atoms with Crippen LogP contribution in [0.1, 0.15) is 62.7 Å². The van der Waals surface area contributed by atoms with Crippen LogP contribution >= 0.6 is 0 Å². The van der Waals surface area contributed by atoms with E-state index in [1.165, 1.54) is 24.3 Å². The third-order valence-corrected chi connectivity index (χ3v) is 6.35. The molecule has 7 nitrogen and oxygen atoms in total. The smallest absolute Gasteiger partial charge is 0.308 e. The van der Waals surface area contributed by atoms with Crippen molar-refractivity contribution in [1.29, 1.82) is 0 Å². The first kappa shape index (κ1) is 21.4. The Hall–Kier alpha value is -1.93. The highest BCUT2D eigenvalue weighted by Gasteiger charge is 2.30. The normalized spacial score (nSPS) is 21.3.